The monoisotopic (exact) mass is 400 g/mol. The molecule has 1 aromatic carbocycles. The lowest BCUT2D eigenvalue weighted by atomic mass is 10.1. The summed E-state index contributed by atoms with van der Waals surface area (Å²) >= 11 is 0. The van der Waals surface area contributed by atoms with Gasteiger partial charge < -0.3 is 9.88 Å². The molecule has 6 heteroatoms. The van der Waals surface area contributed by atoms with Crippen LogP contribution < -0.4 is 5.32 Å². The molecule has 152 valence electrons. The van der Waals surface area contributed by atoms with Crippen molar-refractivity contribution >= 4 is 18.0 Å². The van der Waals surface area contributed by atoms with Gasteiger partial charge >= 0.3 is 6.03 Å². The molecule has 3 amide bonds. The summed E-state index contributed by atoms with van der Waals surface area (Å²) in [5.41, 5.74) is 6.22. The summed E-state index contributed by atoms with van der Waals surface area (Å²) in [5.74, 6) is 0.503. The number of hydrogen-bond acceptors (Lipinski definition) is 3. The van der Waals surface area contributed by atoms with Crippen molar-refractivity contribution in [2.24, 2.45) is 0 Å². The van der Waals surface area contributed by atoms with Gasteiger partial charge in [-0.15, -0.1) is 0 Å². The van der Waals surface area contributed by atoms with Crippen molar-refractivity contribution in [3.05, 3.63) is 88.0 Å². The molecule has 0 radical (unpaired) electrons. The Morgan fingerprint density at radius 1 is 1.00 bits per heavy atom. The quantitative estimate of drug-likeness (QED) is 0.527. The Kier molecular flexibility index (Phi) is 4.99. The predicted molar refractivity (Wildman–Crippen MR) is 116 cm³/mol. The number of rotatable bonds is 4. The largest absolute Gasteiger partial charge is 0.329 e. The van der Waals surface area contributed by atoms with E-state index in [1.54, 1.807) is 6.08 Å². The van der Waals surface area contributed by atoms with Crippen LogP contribution >= 0.6 is 0 Å². The summed E-state index contributed by atoms with van der Waals surface area (Å²) < 4.78 is 2.04. The van der Waals surface area contributed by atoms with E-state index in [1.165, 1.54) is 4.90 Å². The Balaban J connectivity index is 1.62. The highest BCUT2D eigenvalue weighted by atomic mass is 16.2. The lowest BCUT2D eigenvalue weighted by Gasteiger charge is -2.12. The summed E-state index contributed by atoms with van der Waals surface area (Å²) in [6.07, 6.45) is 3.57. The molecule has 4 rings (SSSR count). The van der Waals surface area contributed by atoms with E-state index in [4.69, 9.17) is 0 Å². The second-order valence-corrected chi connectivity index (χ2v) is 7.72. The van der Waals surface area contributed by atoms with Gasteiger partial charge in [0.05, 0.1) is 6.54 Å². The molecule has 0 spiro atoms. The van der Waals surface area contributed by atoms with Gasteiger partial charge in [0.2, 0.25) is 0 Å². The molecule has 30 heavy (non-hydrogen) atoms. The molecule has 1 aliphatic rings. The van der Waals surface area contributed by atoms with E-state index in [1.807, 2.05) is 80.9 Å². The van der Waals surface area contributed by atoms with E-state index in [2.05, 4.69) is 10.3 Å². The third-order valence-corrected chi connectivity index (χ3v) is 5.28. The van der Waals surface area contributed by atoms with Crippen molar-refractivity contribution in [3.8, 4) is 5.82 Å². The van der Waals surface area contributed by atoms with Gasteiger partial charge in [-0.2, -0.15) is 0 Å². The molecule has 1 aliphatic heterocycles. The summed E-state index contributed by atoms with van der Waals surface area (Å²) in [6.45, 7) is 8.20. The van der Waals surface area contributed by atoms with Crippen LogP contribution in [0.25, 0.3) is 11.9 Å². The third-order valence-electron chi connectivity index (χ3n) is 5.28. The first-order valence-corrected chi connectivity index (χ1v) is 9.85. The highest BCUT2D eigenvalue weighted by molar-refractivity contribution is 6.13. The Labute approximate surface area is 175 Å². The molecule has 0 saturated carbocycles. The first-order chi connectivity index (χ1) is 14.3. The first kappa shape index (κ1) is 19.6. The second kappa shape index (κ2) is 7.63. The Bertz CT molecular complexity index is 1170. The van der Waals surface area contributed by atoms with Crippen LogP contribution in [0.1, 0.15) is 33.6 Å². The Morgan fingerprint density at radius 3 is 2.50 bits per heavy atom. The molecule has 6 nitrogen and oxygen atoms in total. The minimum Gasteiger partial charge on any atom is -0.303 e. The number of amides is 3. The van der Waals surface area contributed by atoms with Gasteiger partial charge in [0.1, 0.15) is 11.5 Å². The predicted octanol–water partition coefficient (Wildman–Crippen LogP) is 4.20. The van der Waals surface area contributed by atoms with Crippen LogP contribution in [0, 0.1) is 27.7 Å². The number of hydrogen-bond donors (Lipinski definition) is 1. The zero-order valence-corrected chi connectivity index (χ0v) is 17.6. The van der Waals surface area contributed by atoms with Crippen molar-refractivity contribution in [3.63, 3.8) is 0 Å². The van der Waals surface area contributed by atoms with E-state index in [0.717, 1.165) is 39.5 Å². The SMILES string of the molecule is Cc1ccc(-n2c(C)cc(/C=C3/NC(=O)N(Cc4cccc(C)c4)C3=O)c2C)nc1. The van der Waals surface area contributed by atoms with Crippen molar-refractivity contribution < 1.29 is 9.59 Å². The zero-order valence-electron chi connectivity index (χ0n) is 17.6. The summed E-state index contributed by atoms with van der Waals surface area (Å²) in [7, 11) is 0. The van der Waals surface area contributed by atoms with Crippen LogP contribution in [0.5, 0.6) is 0 Å². The molecule has 0 bridgehead atoms. The summed E-state index contributed by atoms with van der Waals surface area (Å²) in [4.78, 5) is 31.0. The van der Waals surface area contributed by atoms with Crippen LogP contribution in [0.2, 0.25) is 0 Å². The van der Waals surface area contributed by atoms with Gasteiger partial charge in [-0.25, -0.2) is 9.78 Å². The Morgan fingerprint density at radius 2 is 1.80 bits per heavy atom. The lowest BCUT2D eigenvalue weighted by Crippen LogP contribution is -2.30. The molecule has 0 atom stereocenters. The van der Waals surface area contributed by atoms with Crippen LogP contribution in [-0.4, -0.2) is 26.4 Å². The molecule has 0 unspecified atom stereocenters. The van der Waals surface area contributed by atoms with Crippen LogP contribution in [0.15, 0.2) is 54.4 Å². The molecular formula is C24H24N4O2. The molecule has 2 aromatic heterocycles. The molecule has 1 N–H and O–H groups in total. The number of carbonyl (C=O) groups excluding carboxylic acids is 2. The number of benzene rings is 1. The lowest BCUT2D eigenvalue weighted by molar-refractivity contribution is -0.123. The highest BCUT2D eigenvalue weighted by Crippen LogP contribution is 2.24. The third kappa shape index (κ3) is 3.64. The van der Waals surface area contributed by atoms with Gasteiger partial charge in [0.25, 0.3) is 5.91 Å². The fourth-order valence-electron chi connectivity index (χ4n) is 3.74. The van der Waals surface area contributed by atoms with E-state index in [0.29, 0.717) is 0 Å². The minimum atomic E-state index is -0.401. The van der Waals surface area contributed by atoms with Crippen molar-refractivity contribution in [1.82, 2.24) is 19.8 Å². The van der Waals surface area contributed by atoms with E-state index < -0.39 is 6.03 Å². The average molecular weight is 400 g/mol. The molecule has 1 fully saturated rings. The zero-order chi connectivity index (χ0) is 21.4. The fraction of sp³-hybridized carbons (Fsp3) is 0.208. The number of aryl methyl sites for hydroxylation is 3. The Hall–Kier alpha value is -3.67. The van der Waals surface area contributed by atoms with E-state index in [9.17, 15) is 9.59 Å². The van der Waals surface area contributed by atoms with Gasteiger partial charge in [-0.05, 0) is 62.6 Å². The van der Waals surface area contributed by atoms with Crippen molar-refractivity contribution in [2.45, 2.75) is 34.2 Å². The van der Waals surface area contributed by atoms with E-state index in [-0.39, 0.29) is 18.1 Å². The van der Waals surface area contributed by atoms with Gasteiger partial charge in [-0.3, -0.25) is 9.69 Å². The minimum absolute atomic E-state index is 0.246. The normalized spacial score (nSPS) is 15.2. The number of urea groups is 1. The van der Waals surface area contributed by atoms with Crippen LogP contribution in [0.4, 0.5) is 4.79 Å². The average Bonchev–Trinajstić information content (AvgIpc) is 3.13. The number of nitrogens with zero attached hydrogens (tertiary/aromatic N) is 3. The smallest absolute Gasteiger partial charge is 0.303 e. The maximum absolute atomic E-state index is 12.9. The maximum Gasteiger partial charge on any atom is 0.329 e. The van der Waals surface area contributed by atoms with Crippen molar-refractivity contribution in [1.29, 1.82) is 0 Å². The highest BCUT2D eigenvalue weighted by Gasteiger charge is 2.33. The van der Waals surface area contributed by atoms with Crippen molar-refractivity contribution in [2.75, 3.05) is 0 Å². The number of carbonyl (C=O) groups is 2. The van der Waals surface area contributed by atoms with Crippen LogP contribution in [-0.2, 0) is 11.3 Å². The number of nitrogens with one attached hydrogen (secondary N) is 1. The molecule has 3 aromatic rings. The molecule has 0 aliphatic carbocycles. The summed E-state index contributed by atoms with van der Waals surface area (Å²) in [5, 5.41) is 2.71. The van der Waals surface area contributed by atoms with E-state index >= 15 is 0 Å². The summed E-state index contributed by atoms with van der Waals surface area (Å²) in [6, 6.07) is 13.4. The first-order valence-electron chi connectivity index (χ1n) is 9.85. The maximum atomic E-state index is 12.9. The van der Waals surface area contributed by atoms with Gasteiger partial charge in [-0.1, -0.05) is 35.9 Å². The van der Waals surface area contributed by atoms with Gasteiger partial charge in [0, 0.05) is 17.6 Å². The number of aromatic nitrogens is 2. The molecule has 3 heterocycles. The van der Waals surface area contributed by atoms with Crippen LogP contribution in [0.3, 0.4) is 0 Å². The standard InChI is InChI=1S/C24H24N4O2/c1-15-6-5-7-19(10-15)14-27-23(29)21(26-24(27)30)12-20-11-17(3)28(18(20)4)22-9-8-16(2)13-25-22/h5-13H,14H2,1-4H3,(H,26,30)/b21-12+. The molecule has 1 saturated heterocycles. The second-order valence-electron chi connectivity index (χ2n) is 7.72. The van der Waals surface area contributed by atoms with Gasteiger partial charge in [0.15, 0.2) is 0 Å². The number of pyridine rings is 1. The topological polar surface area (TPSA) is 67.2 Å². The number of imide groups is 1. The fourth-order valence-corrected chi connectivity index (χ4v) is 3.74. The molecular weight excluding hydrogens is 376 g/mol.